The summed E-state index contributed by atoms with van der Waals surface area (Å²) >= 11 is 6.08. The highest BCUT2D eigenvalue weighted by Gasteiger charge is 2.14. The van der Waals surface area contributed by atoms with E-state index in [0.717, 1.165) is 6.29 Å². The van der Waals surface area contributed by atoms with Gasteiger partial charge in [0.25, 0.3) is 0 Å². The predicted octanol–water partition coefficient (Wildman–Crippen LogP) is 1.56. The summed E-state index contributed by atoms with van der Waals surface area (Å²) in [5, 5.41) is 0.351. The fourth-order valence-electron chi connectivity index (χ4n) is 1.53. The van der Waals surface area contributed by atoms with E-state index in [9.17, 15) is 4.79 Å². The van der Waals surface area contributed by atoms with Gasteiger partial charge in [-0.1, -0.05) is 11.6 Å². The first-order chi connectivity index (χ1) is 8.24. The van der Waals surface area contributed by atoms with Crippen LogP contribution in [0.25, 0.3) is 5.69 Å². The van der Waals surface area contributed by atoms with E-state index in [0.29, 0.717) is 16.7 Å². The summed E-state index contributed by atoms with van der Waals surface area (Å²) < 4.78 is 1.82. The van der Waals surface area contributed by atoms with Crippen LogP contribution in [0.2, 0.25) is 5.15 Å². The SMILES string of the molecule is CN(CC=O)c1ncnc(Cl)c1-n1cccc1. The van der Waals surface area contributed by atoms with Gasteiger partial charge in [0.2, 0.25) is 0 Å². The molecule has 0 aliphatic carbocycles. The summed E-state index contributed by atoms with van der Waals surface area (Å²) in [7, 11) is 1.78. The number of halogens is 1. The van der Waals surface area contributed by atoms with Gasteiger partial charge in [-0.3, -0.25) is 0 Å². The molecule has 0 spiro atoms. The molecule has 0 aliphatic heterocycles. The quantitative estimate of drug-likeness (QED) is 0.610. The highest BCUT2D eigenvalue weighted by molar-refractivity contribution is 6.31. The average molecular weight is 251 g/mol. The molecule has 0 aliphatic rings. The molecule has 2 aromatic heterocycles. The Morgan fingerprint density at radius 2 is 2.12 bits per heavy atom. The van der Waals surface area contributed by atoms with E-state index < -0.39 is 0 Å². The minimum Gasteiger partial charge on any atom is -0.351 e. The number of nitrogens with zero attached hydrogens (tertiary/aromatic N) is 4. The van der Waals surface area contributed by atoms with Gasteiger partial charge in [0, 0.05) is 19.4 Å². The van der Waals surface area contributed by atoms with Crippen molar-refractivity contribution in [2.24, 2.45) is 0 Å². The first-order valence-corrected chi connectivity index (χ1v) is 5.40. The molecule has 17 heavy (non-hydrogen) atoms. The normalized spacial score (nSPS) is 10.2. The third kappa shape index (κ3) is 2.29. The van der Waals surface area contributed by atoms with Gasteiger partial charge in [-0.05, 0) is 12.1 Å². The molecule has 0 saturated carbocycles. The molecule has 5 nitrogen and oxygen atoms in total. The fourth-order valence-corrected chi connectivity index (χ4v) is 1.76. The van der Waals surface area contributed by atoms with Crippen molar-refractivity contribution in [2.45, 2.75) is 0 Å². The summed E-state index contributed by atoms with van der Waals surface area (Å²) in [6.45, 7) is 0.252. The Morgan fingerprint density at radius 3 is 2.76 bits per heavy atom. The predicted molar refractivity (Wildman–Crippen MR) is 65.7 cm³/mol. The molecule has 0 radical (unpaired) electrons. The lowest BCUT2D eigenvalue weighted by Crippen LogP contribution is -2.22. The van der Waals surface area contributed by atoms with Crippen LogP contribution >= 0.6 is 11.6 Å². The summed E-state index contributed by atoms with van der Waals surface area (Å²) in [4.78, 5) is 20.4. The van der Waals surface area contributed by atoms with Crippen LogP contribution in [0.1, 0.15) is 0 Å². The van der Waals surface area contributed by atoms with Crippen LogP contribution < -0.4 is 4.90 Å². The highest BCUT2D eigenvalue weighted by Crippen LogP contribution is 2.26. The summed E-state index contributed by atoms with van der Waals surface area (Å²) in [6.07, 6.45) is 5.90. The molecule has 2 rings (SSSR count). The van der Waals surface area contributed by atoms with Crippen molar-refractivity contribution in [1.29, 1.82) is 0 Å². The minimum atomic E-state index is 0.252. The topological polar surface area (TPSA) is 51.0 Å². The van der Waals surface area contributed by atoms with Gasteiger partial charge in [0.15, 0.2) is 11.0 Å². The van der Waals surface area contributed by atoms with Crippen LogP contribution in [0.3, 0.4) is 0 Å². The van der Waals surface area contributed by atoms with Crippen molar-refractivity contribution in [3.8, 4) is 5.69 Å². The van der Waals surface area contributed by atoms with Crippen molar-refractivity contribution in [2.75, 3.05) is 18.5 Å². The zero-order valence-electron chi connectivity index (χ0n) is 9.25. The van der Waals surface area contributed by atoms with Crippen molar-refractivity contribution in [3.63, 3.8) is 0 Å². The first kappa shape index (κ1) is 11.6. The molecule has 0 aromatic carbocycles. The fraction of sp³-hybridized carbons (Fsp3) is 0.182. The lowest BCUT2D eigenvalue weighted by Gasteiger charge is -2.19. The second kappa shape index (κ2) is 4.97. The van der Waals surface area contributed by atoms with Crippen LogP contribution in [0.4, 0.5) is 5.82 Å². The number of aldehydes is 1. The van der Waals surface area contributed by atoms with Gasteiger partial charge < -0.3 is 14.3 Å². The summed E-state index contributed by atoms with van der Waals surface area (Å²) in [6, 6.07) is 3.76. The molecular weight excluding hydrogens is 240 g/mol. The largest absolute Gasteiger partial charge is 0.351 e. The zero-order chi connectivity index (χ0) is 12.3. The third-order valence-electron chi connectivity index (χ3n) is 2.33. The van der Waals surface area contributed by atoms with Gasteiger partial charge >= 0.3 is 0 Å². The molecular formula is C11H11ClN4O. The second-order valence-corrected chi connectivity index (χ2v) is 3.83. The molecule has 6 heteroatoms. The van der Waals surface area contributed by atoms with Crippen LogP contribution in [0.5, 0.6) is 0 Å². The monoisotopic (exact) mass is 250 g/mol. The number of hydrogen-bond acceptors (Lipinski definition) is 4. The van der Waals surface area contributed by atoms with Crippen LogP contribution in [0.15, 0.2) is 30.9 Å². The Morgan fingerprint density at radius 1 is 1.41 bits per heavy atom. The van der Waals surface area contributed by atoms with E-state index in [1.54, 1.807) is 11.9 Å². The Bertz CT molecular complexity index is 512. The molecule has 0 unspecified atom stereocenters. The summed E-state index contributed by atoms with van der Waals surface area (Å²) in [5.74, 6) is 0.619. The third-order valence-corrected chi connectivity index (χ3v) is 2.61. The molecule has 0 bridgehead atoms. The van der Waals surface area contributed by atoms with E-state index in [-0.39, 0.29) is 6.54 Å². The average Bonchev–Trinajstić information content (AvgIpc) is 2.82. The van der Waals surface area contributed by atoms with E-state index >= 15 is 0 Å². The maximum Gasteiger partial charge on any atom is 0.158 e. The standard InChI is InChI=1S/C11H11ClN4O/c1-15(6-7-17)11-9(10(12)13-8-14-11)16-4-2-3-5-16/h2-5,7-8H,6H2,1H3. The zero-order valence-corrected chi connectivity index (χ0v) is 10.0. The van der Waals surface area contributed by atoms with Gasteiger partial charge in [-0.25, -0.2) is 9.97 Å². The molecule has 2 heterocycles. The smallest absolute Gasteiger partial charge is 0.158 e. The molecule has 0 N–H and O–H groups in total. The van der Waals surface area contributed by atoms with Crippen molar-refractivity contribution in [3.05, 3.63) is 36.0 Å². The number of carbonyl (C=O) groups is 1. The van der Waals surface area contributed by atoms with Gasteiger partial charge in [-0.15, -0.1) is 0 Å². The number of hydrogen-bond donors (Lipinski definition) is 0. The second-order valence-electron chi connectivity index (χ2n) is 3.47. The van der Waals surface area contributed by atoms with E-state index in [1.165, 1.54) is 6.33 Å². The lowest BCUT2D eigenvalue weighted by atomic mass is 10.4. The van der Waals surface area contributed by atoms with Gasteiger partial charge in [0.1, 0.15) is 18.3 Å². The maximum atomic E-state index is 10.5. The van der Waals surface area contributed by atoms with E-state index in [4.69, 9.17) is 11.6 Å². The molecule has 0 atom stereocenters. The van der Waals surface area contributed by atoms with Crippen molar-refractivity contribution >= 4 is 23.7 Å². The van der Waals surface area contributed by atoms with Crippen LogP contribution in [-0.2, 0) is 4.79 Å². The molecule has 2 aromatic rings. The highest BCUT2D eigenvalue weighted by atomic mass is 35.5. The number of likely N-dealkylation sites (N-methyl/N-ethyl adjacent to an activating group) is 1. The number of anilines is 1. The maximum absolute atomic E-state index is 10.5. The Balaban J connectivity index is 2.52. The van der Waals surface area contributed by atoms with Gasteiger partial charge in [-0.2, -0.15) is 0 Å². The van der Waals surface area contributed by atoms with Crippen molar-refractivity contribution < 1.29 is 4.79 Å². The van der Waals surface area contributed by atoms with E-state index in [2.05, 4.69) is 9.97 Å². The van der Waals surface area contributed by atoms with Gasteiger partial charge in [0.05, 0.1) is 6.54 Å². The molecule has 0 saturated heterocycles. The lowest BCUT2D eigenvalue weighted by molar-refractivity contribution is -0.106. The minimum absolute atomic E-state index is 0.252. The Hall–Kier alpha value is -1.88. The van der Waals surface area contributed by atoms with Crippen molar-refractivity contribution in [1.82, 2.24) is 14.5 Å². The van der Waals surface area contributed by atoms with E-state index in [1.807, 2.05) is 29.1 Å². The van der Waals surface area contributed by atoms with Crippen LogP contribution in [-0.4, -0.2) is 34.4 Å². The molecule has 0 amide bonds. The first-order valence-electron chi connectivity index (χ1n) is 5.02. The number of rotatable bonds is 4. The molecule has 0 fully saturated rings. The number of carbonyl (C=O) groups excluding carboxylic acids is 1. The molecule has 88 valence electrons. The summed E-state index contributed by atoms with van der Waals surface area (Å²) in [5.41, 5.74) is 0.670. The Kier molecular flexibility index (Phi) is 3.39. The Labute approximate surface area is 104 Å². The van der Waals surface area contributed by atoms with Crippen LogP contribution in [0, 0.1) is 0 Å². The number of aromatic nitrogens is 3.